The summed E-state index contributed by atoms with van der Waals surface area (Å²) in [7, 11) is 0. The molecule has 2 nitrogen and oxygen atoms in total. The van der Waals surface area contributed by atoms with E-state index in [0.717, 1.165) is 35.5 Å². The van der Waals surface area contributed by atoms with Gasteiger partial charge in [0.05, 0.1) is 22.5 Å². The van der Waals surface area contributed by atoms with Gasteiger partial charge in [-0.1, -0.05) is 124 Å². The van der Waals surface area contributed by atoms with E-state index in [-0.39, 0.29) is 0 Å². The van der Waals surface area contributed by atoms with Crippen molar-refractivity contribution in [2.75, 3.05) is 0 Å². The third kappa shape index (κ3) is 4.44. The smallest absolute Gasteiger partial charge is 0.0886 e. The Balaban J connectivity index is 1.51. The number of hydrogen-bond acceptors (Lipinski definition) is 1. The van der Waals surface area contributed by atoms with Crippen molar-refractivity contribution in [3.8, 4) is 16.8 Å². The van der Waals surface area contributed by atoms with Gasteiger partial charge in [0.25, 0.3) is 0 Å². The van der Waals surface area contributed by atoms with Gasteiger partial charge in [0.2, 0.25) is 0 Å². The summed E-state index contributed by atoms with van der Waals surface area (Å²) in [6, 6.07) is 43.6. The van der Waals surface area contributed by atoms with E-state index in [1.165, 1.54) is 50.2 Å². The molecule has 46 heavy (non-hydrogen) atoms. The average molecular weight is 595 g/mol. The third-order valence-corrected chi connectivity index (χ3v) is 9.52. The van der Waals surface area contributed by atoms with Gasteiger partial charge >= 0.3 is 0 Å². The minimum absolute atomic E-state index is 0.534. The summed E-state index contributed by atoms with van der Waals surface area (Å²) in [4.78, 5) is 5.03. The Morgan fingerprint density at radius 1 is 0.717 bits per heavy atom. The van der Waals surface area contributed by atoms with Crippen molar-refractivity contribution in [3.63, 3.8) is 0 Å². The van der Waals surface area contributed by atoms with Crippen LogP contribution in [0.4, 0.5) is 0 Å². The van der Waals surface area contributed by atoms with Gasteiger partial charge in [-0.2, -0.15) is 0 Å². The van der Waals surface area contributed by atoms with Gasteiger partial charge in [-0.15, -0.1) is 0 Å². The van der Waals surface area contributed by atoms with Crippen LogP contribution in [-0.4, -0.2) is 9.55 Å². The molecular formula is C44H38N2. The standard InChI is InChI=1S/C44H38N2/c1-5-31(30-42-36(7-3)35(6-2)41(8-4)46(42)34-21-13-10-14-22-34)32-26-27-38-37-23-15-16-24-39(37)44(40(38)29-32,33-19-11-9-12-20-33)43-25-17-18-28-45-43/h6,8-30H,2,4-5,7H2,1,3H3/b31-30+. The number of aromatic nitrogens is 2. The van der Waals surface area contributed by atoms with Crippen LogP contribution >= 0.6 is 0 Å². The molecule has 7 rings (SSSR count). The van der Waals surface area contributed by atoms with E-state index in [0.29, 0.717) is 0 Å². The summed E-state index contributed by atoms with van der Waals surface area (Å²) in [6.07, 6.45) is 10.0. The molecule has 2 aromatic heterocycles. The fourth-order valence-electron chi connectivity index (χ4n) is 7.53. The highest BCUT2D eigenvalue weighted by Crippen LogP contribution is 2.56. The molecule has 0 saturated heterocycles. The number of fused-ring (bicyclic) bond motifs is 3. The topological polar surface area (TPSA) is 17.8 Å². The molecule has 2 heteroatoms. The molecule has 0 fully saturated rings. The molecule has 0 saturated carbocycles. The van der Waals surface area contributed by atoms with Gasteiger partial charge in [0, 0.05) is 17.4 Å². The lowest BCUT2D eigenvalue weighted by molar-refractivity contribution is 0.734. The van der Waals surface area contributed by atoms with E-state index in [9.17, 15) is 0 Å². The minimum Gasteiger partial charge on any atom is -0.310 e. The van der Waals surface area contributed by atoms with Crippen LogP contribution in [0.1, 0.15) is 70.7 Å². The predicted molar refractivity (Wildman–Crippen MR) is 195 cm³/mol. The Morgan fingerprint density at radius 3 is 2.09 bits per heavy atom. The zero-order valence-electron chi connectivity index (χ0n) is 26.6. The van der Waals surface area contributed by atoms with Crippen LogP contribution in [0.15, 0.2) is 141 Å². The molecule has 4 aromatic carbocycles. The number of pyridine rings is 1. The van der Waals surface area contributed by atoms with Crippen molar-refractivity contribution >= 4 is 23.8 Å². The summed E-state index contributed by atoms with van der Waals surface area (Å²) >= 11 is 0. The third-order valence-electron chi connectivity index (χ3n) is 9.52. The molecule has 0 aliphatic heterocycles. The summed E-state index contributed by atoms with van der Waals surface area (Å²) in [5.74, 6) is 0. The van der Waals surface area contributed by atoms with Crippen molar-refractivity contribution in [2.45, 2.75) is 32.1 Å². The monoisotopic (exact) mass is 594 g/mol. The molecule has 0 radical (unpaired) electrons. The van der Waals surface area contributed by atoms with Crippen LogP contribution in [-0.2, 0) is 11.8 Å². The molecule has 0 amide bonds. The first-order valence-corrected chi connectivity index (χ1v) is 16.2. The fraction of sp³-hybridized carbons (Fsp3) is 0.114. The van der Waals surface area contributed by atoms with Crippen molar-refractivity contribution in [1.82, 2.24) is 9.55 Å². The zero-order chi connectivity index (χ0) is 31.7. The van der Waals surface area contributed by atoms with Crippen LogP contribution in [0.5, 0.6) is 0 Å². The second kappa shape index (κ2) is 12.1. The number of benzene rings is 4. The van der Waals surface area contributed by atoms with Crippen LogP contribution in [0, 0.1) is 0 Å². The maximum absolute atomic E-state index is 5.03. The van der Waals surface area contributed by atoms with Crippen LogP contribution in [0.25, 0.3) is 40.6 Å². The molecule has 1 unspecified atom stereocenters. The highest BCUT2D eigenvalue weighted by molar-refractivity contribution is 5.90. The lowest BCUT2D eigenvalue weighted by Crippen LogP contribution is -2.29. The van der Waals surface area contributed by atoms with Crippen LogP contribution in [0.3, 0.4) is 0 Å². The van der Waals surface area contributed by atoms with Gasteiger partial charge < -0.3 is 4.57 Å². The lowest BCUT2D eigenvalue weighted by atomic mass is 9.69. The molecule has 0 N–H and O–H groups in total. The molecular weight excluding hydrogens is 556 g/mol. The minimum atomic E-state index is -0.534. The fourth-order valence-corrected chi connectivity index (χ4v) is 7.53. The molecule has 6 aromatic rings. The Morgan fingerprint density at radius 2 is 1.41 bits per heavy atom. The highest BCUT2D eigenvalue weighted by atomic mass is 15.0. The van der Waals surface area contributed by atoms with E-state index in [1.807, 2.05) is 24.4 Å². The SMILES string of the molecule is C=Cc1c(CC)c(/C=C(\CC)c2ccc3c(c2)C(c2ccccc2)(c2ccccn2)c2ccccc2-3)n(-c2ccccc2)c1C=C. The summed E-state index contributed by atoms with van der Waals surface area (Å²) in [5, 5.41) is 0. The van der Waals surface area contributed by atoms with E-state index < -0.39 is 5.41 Å². The second-order valence-electron chi connectivity index (χ2n) is 11.8. The quantitative estimate of drug-likeness (QED) is 0.163. The number of nitrogens with zero attached hydrogens (tertiary/aromatic N) is 2. The number of rotatable bonds is 9. The summed E-state index contributed by atoms with van der Waals surface area (Å²) in [5.41, 5.74) is 15.1. The number of hydrogen-bond donors (Lipinski definition) is 0. The Kier molecular flexibility index (Phi) is 7.72. The first-order valence-electron chi connectivity index (χ1n) is 16.2. The maximum Gasteiger partial charge on any atom is 0.0886 e. The van der Waals surface area contributed by atoms with E-state index in [1.54, 1.807) is 0 Å². The van der Waals surface area contributed by atoms with Crippen molar-refractivity contribution in [3.05, 3.63) is 191 Å². The zero-order valence-corrected chi connectivity index (χ0v) is 26.6. The van der Waals surface area contributed by atoms with Crippen molar-refractivity contribution in [1.29, 1.82) is 0 Å². The molecule has 224 valence electrons. The number of para-hydroxylation sites is 1. The summed E-state index contributed by atoms with van der Waals surface area (Å²) < 4.78 is 2.34. The van der Waals surface area contributed by atoms with Gasteiger partial charge in [0.1, 0.15) is 0 Å². The van der Waals surface area contributed by atoms with Gasteiger partial charge in [0.15, 0.2) is 0 Å². The van der Waals surface area contributed by atoms with Gasteiger partial charge in [-0.3, -0.25) is 4.98 Å². The largest absolute Gasteiger partial charge is 0.310 e. The first kappa shape index (κ1) is 29.3. The molecule has 1 atom stereocenters. The van der Waals surface area contributed by atoms with Crippen molar-refractivity contribution < 1.29 is 0 Å². The van der Waals surface area contributed by atoms with E-state index in [2.05, 4.69) is 153 Å². The Hall–Kier alpha value is -5.47. The van der Waals surface area contributed by atoms with Gasteiger partial charge in [-0.05, 0) is 99.8 Å². The maximum atomic E-state index is 5.03. The normalized spacial score (nSPS) is 15.3. The molecule has 2 heterocycles. The first-order chi connectivity index (χ1) is 22.7. The lowest BCUT2D eigenvalue weighted by Gasteiger charge is -2.32. The van der Waals surface area contributed by atoms with Gasteiger partial charge in [-0.25, -0.2) is 0 Å². The summed E-state index contributed by atoms with van der Waals surface area (Å²) in [6.45, 7) is 12.9. The van der Waals surface area contributed by atoms with Crippen LogP contribution in [0.2, 0.25) is 0 Å². The number of allylic oxidation sites excluding steroid dienone is 1. The van der Waals surface area contributed by atoms with Crippen LogP contribution < -0.4 is 0 Å². The molecule has 0 spiro atoms. The molecule has 0 bridgehead atoms. The predicted octanol–water partition coefficient (Wildman–Crippen LogP) is 11.0. The highest BCUT2D eigenvalue weighted by Gasteiger charge is 2.47. The second-order valence-corrected chi connectivity index (χ2v) is 11.8. The van der Waals surface area contributed by atoms with E-state index >= 15 is 0 Å². The Labute approximate surface area is 272 Å². The molecule has 1 aliphatic rings. The van der Waals surface area contributed by atoms with E-state index in [4.69, 9.17) is 4.98 Å². The average Bonchev–Trinajstić information content (AvgIpc) is 3.60. The Bertz CT molecular complexity index is 2040. The van der Waals surface area contributed by atoms with Crippen molar-refractivity contribution in [2.24, 2.45) is 0 Å². The molecule has 1 aliphatic carbocycles.